The fraction of sp³-hybridized carbons (Fsp3) is 0.647. The predicted octanol–water partition coefficient (Wildman–Crippen LogP) is 3.37. The summed E-state index contributed by atoms with van der Waals surface area (Å²) >= 11 is 3.69. The van der Waals surface area contributed by atoms with E-state index < -0.39 is 0 Å². The van der Waals surface area contributed by atoms with Gasteiger partial charge in [0.25, 0.3) is 0 Å². The maximum Gasteiger partial charge on any atom is 0.0343 e. The Kier molecular flexibility index (Phi) is 9.16. The summed E-state index contributed by atoms with van der Waals surface area (Å²) in [6.45, 7) is 6.61. The van der Waals surface area contributed by atoms with Crippen molar-refractivity contribution in [2.45, 2.75) is 25.8 Å². The number of nitrogens with one attached hydrogen (secondary N) is 1. The molecule has 0 saturated carbocycles. The highest BCUT2D eigenvalue weighted by atomic mass is 79.9. The zero-order chi connectivity index (χ0) is 15.7. The van der Waals surface area contributed by atoms with Gasteiger partial charge in [-0.05, 0) is 58.7 Å². The van der Waals surface area contributed by atoms with Gasteiger partial charge in [0.15, 0.2) is 0 Å². The standard InChI is InChI=1S/C17H30BrN3/c1-5-11-19-17(15-8-6-7-9-16(15)18)10-12-21(4)14-13-20(2)3/h6-9,17,19H,5,10-14H2,1-4H3. The highest BCUT2D eigenvalue weighted by Crippen LogP contribution is 2.25. The summed E-state index contributed by atoms with van der Waals surface area (Å²) < 4.78 is 1.20. The lowest BCUT2D eigenvalue weighted by Gasteiger charge is -2.24. The molecule has 1 aromatic rings. The van der Waals surface area contributed by atoms with Crippen molar-refractivity contribution in [3.8, 4) is 0 Å². The van der Waals surface area contributed by atoms with Crippen LogP contribution in [-0.4, -0.2) is 57.1 Å². The van der Waals surface area contributed by atoms with Crippen LogP contribution in [0.15, 0.2) is 28.7 Å². The molecule has 0 amide bonds. The molecular formula is C17H30BrN3. The number of likely N-dealkylation sites (N-methyl/N-ethyl adjacent to an activating group) is 2. The summed E-state index contributed by atoms with van der Waals surface area (Å²) in [5.74, 6) is 0. The van der Waals surface area contributed by atoms with E-state index in [2.05, 4.69) is 83.4 Å². The Balaban J connectivity index is 2.56. The third-order valence-corrected chi connectivity index (χ3v) is 4.37. The molecule has 3 nitrogen and oxygen atoms in total. The van der Waals surface area contributed by atoms with Crippen LogP contribution in [0.1, 0.15) is 31.4 Å². The Morgan fingerprint density at radius 3 is 2.43 bits per heavy atom. The highest BCUT2D eigenvalue weighted by molar-refractivity contribution is 9.10. The molecule has 0 aliphatic rings. The van der Waals surface area contributed by atoms with Gasteiger partial charge < -0.3 is 15.1 Å². The molecule has 1 unspecified atom stereocenters. The Labute approximate surface area is 138 Å². The van der Waals surface area contributed by atoms with Crippen molar-refractivity contribution < 1.29 is 0 Å². The Hall–Kier alpha value is -0.420. The largest absolute Gasteiger partial charge is 0.310 e. The molecule has 21 heavy (non-hydrogen) atoms. The molecule has 0 bridgehead atoms. The van der Waals surface area contributed by atoms with Crippen LogP contribution >= 0.6 is 15.9 Å². The van der Waals surface area contributed by atoms with Crippen molar-refractivity contribution in [1.29, 1.82) is 0 Å². The molecule has 1 atom stereocenters. The third-order valence-electron chi connectivity index (χ3n) is 3.65. The summed E-state index contributed by atoms with van der Waals surface area (Å²) in [7, 11) is 6.46. The number of hydrogen-bond acceptors (Lipinski definition) is 3. The molecule has 4 heteroatoms. The van der Waals surface area contributed by atoms with Crippen molar-refractivity contribution in [3.63, 3.8) is 0 Å². The lowest BCUT2D eigenvalue weighted by Crippen LogP contribution is -2.32. The minimum absolute atomic E-state index is 0.419. The quantitative estimate of drug-likeness (QED) is 0.693. The first-order chi connectivity index (χ1) is 10.0. The third kappa shape index (κ3) is 7.41. The molecule has 0 heterocycles. The van der Waals surface area contributed by atoms with Gasteiger partial charge in [-0.25, -0.2) is 0 Å². The van der Waals surface area contributed by atoms with Gasteiger partial charge in [-0.1, -0.05) is 41.1 Å². The first-order valence-electron chi connectivity index (χ1n) is 7.85. The maximum atomic E-state index is 3.69. The molecule has 120 valence electrons. The average Bonchev–Trinajstić information content (AvgIpc) is 2.46. The molecule has 1 rings (SSSR count). The summed E-state index contributed by atoms with van der Waals surface area (Å²) in [5, 5.41) is 3.68. The second kappa shape index (κ2) is 10.3. The van der Waals surface area contributed by atoms with E-state index in [0.717, 1.165) is 39.0 Å². The highest BCUT2D eigenvalue weighted by Gasteiger charge is 2.14. The molecule has 0 aliphatic carbocycles. The zero-order valence-electron chi connectivity index (χ0n) is 13.9. The summed E-state index contributed by atoms with van der Waals surface area (Å²) in [6, 6.07) is 8.97. The Bertz CT molecular complexity index is 395. The molecule has 0 aliphatic heterocycles. The molecule has 0 spiro atoms. The number of benzene rings is 1. The van der Waals surface area contributed by atoms with E-state index in [9.17, 15) is 0 Å². The summed E-state index contributed by atoms with van der Waals surface area (Å²) in [4.78, 5) is 4.65. The van der Waals surface area contributed by atoms with Crippen molar-refractivity contribution in [2.24, 2.45) is 0 Å². The molecule has 0 aromatic heterocycles. The number of nitrogens with zero attached hydrogens (tertiary/aromatic N) is 2. The van der Waals surface area contributed by atoms with Crippen LogP contribution < -0.4 is 5.32 Å². The van der Waals surface area contributed by atoms with E-state index >= 15 is 0 Å². The van der Waals surface area contributed by atoms with Crippen molar-refractivity contribution in [1.82, 2.24) is 15.1 Å². The number of hydrogen-bond donors (Lipinski definition) is 1. The summed E-state index contributed by atoms with van der Waals surface area (Å²) in [6.07, 6.45) is 2.30. The molecular weight excluding hydrogens is 326 g/mol. The smallest absolute Gasteiger partial charge is 0.0343 e. The first kappa shape index (κ1) is 18.6. The van der Waals surface area contributed by atoms with E-state index in [1.165, 1.54) is 10.0 Å². The van der Waals surface area contributed by atoms with Gasteiger partial charge in [0, 0.05) is 23.6 Å². The van der Waals surface area contributed by atoms with Crippen LogP contribution in [-0.2, 0) is 0 Å². The van der Waals surface area contributed by atoms with Crippen molar-refractivity contribution in [3.05, 3.63) is 34.3 Å². The minimum Gasteiger partial charge on any atom is -0.310 e. The fourth-order valence-corrected chi connectivity index (χ4v) is 2.84. The van der Waals surface area contributed by atoms with E-state index in [4.69, 9.17) is 0 Å². The number of halogens is 1. The van der Waals surface area contributed by atoms with Crippen LogP contribution in [0.3, 0.4) is 0 Å². The van der Waals surface area contributed by atoms with Gasteiger partial charge >= 0.3 is 0 Å². The van der Waals surface area contributed by atoms with Gasteiger partial charge in [-0.2, -0.15) is 0 Å². The molecule has 1 aromatic carbocycles. The Morgan fingerprint density at radius 1 is 1.10 bits per heavy atom. The van der Waals surface area contributed by atoms with Crippen molar-refractivity contribution >= 4 is 15.9 Å². The van der Waals surface area contributed by atoms with Gasteiger partial charge in [-0.15, -0.1) is 0 Å². The topological polar surface area (TPSA) is 18.5 Å². The average molecular weight is 356 g/mol. The molecule has 1 N–H and O–H groups in total. The first-order valence-corrected chi connectivity index (χ1v) is 8.65. The van der Waals surface area contributed by atoms with E-state index in [1.807, 2.05) is 0 Å². The van der Waals surface area contributed by atoms with Crippen LogP contribution in [0.2, 0.25) is 0 Å². The molecule has 0 fully saturated rings. The summed E-state index contributed by atoms with van der Waals surface area (Å²) in [5.41, 5.74) is 1.37. The van der Waals surface area contributed by atoms with Gasteiger partial charge in [-0.3, -0.25) is 0 Å². The van der Waals surface area contributed by atoms with E-state index in [-0.39, 0.29) is 0 Å². The van der Waals surface area contributed by atoms with Gasteiger partial charge in [0.1, 0.15) is 0 Å². The Morgan fingerprint density at radius 2 is 1.81 bits per heavy atom. The molecule has 0 radical (unpaired) electrons. The molecule has 0 saturated heterocycles. The SMILES string of the molecule is CCCNC(CCN(C)CCN(C)C)c1ccccc1Br. The predicted molar refractivity (Wildman–Crippen MR) is 95.8 cm³/mol. The zero-order valence-corrected chi connectivity index (χ0v) is 15.5. The monoisotopic (exact) mass is 355 g/mol. The van der Waals surface area contributed by atoms with Gasteiger partial charge in [0.2, 0.25) is 0 Å². The lowest BCUT2D eigenvalue weighted by molar-refractivity contribution is 0.268. The lowest BCUT2D eigenvalue weighted by atomic mass is 10.0. The second-order valence-corrected chi connectivity index (χ2v) is 6.78. The fourth-order valence-electron chi connectivity index (χ4n) is 2.28. The van der Waals surface area contributed by atoms with Crippen LogP contribution in [0.4, 0.5) is 0 Å². The van der Waals surface area contributed by atoms with Crippen LogP contribution in [0.25, 0.3) is 0 Å². The van der Waals surface area contributed by atoms with Crippen molar-refractivity contribution in [2.75, 3.05) is 47.3 Å². The van der Waals surface area contributed by atoms with Crippen LogP contribution in [0, 0.1) is 0 Å². The van der Waals surface area contributed by atoms with Gasteiger partial charge in [0.05, 0.1) is 0 Å². The second-order valence-electron chi connectivity index (χ2n) is 5.92. The maximum absolute atomic E-state index is 3.69. The minimum atomic E-state index is 0.419. The number of rotatable bonds is 10. The van der Waals surface area contributed by atoms with E-state index in [1.54, 1.807) is 0 Å². The normalized spacial score (nSPS) is 13.1. The van der Waals surface area contributed by atoms with Crippen LogP contribution in [0.5, 0.6) is 0 Å². The van der Waals surface area contributed by atoms with E-state index in [0.29, 0.717) is 6.04 Å².